The number of methoxy groups -OCH3 is 1. The van der Waals surface area contributed by atoms with E-state index in [-0.39, 0.29) is 37.3 Å². The van der Waals surface area contributed by atoms with Crippen molar-refractivity contribution < 1.29 is 74.8 Å². The molecule has 0 amide bonds. The maximum Gasteiger partial charge on any atom is 0.586 e. The van der Waals surface area contributed by atoms with E-state index in [1.165, 1.54) is 144 Å². The Hall–Kier alpha value is -8.87. The van der Waals surface area contributed by atoms with E-state index in [4.69, 9.17) is 9.47 Å². The van der Waals surface area contributed by atoms with Gasteiger partial charge >= 0.3 is 32.2 Å². The predicted molar refractivity (Wildman–Crippen MR) is 604 cm³/mol. The smallest absolute Gasteiger partial charge is 0.496 e. The molecular weight excluding hydrogens is 2040 g/mol. The fraction of sp³-hybridized carbons (Fsp3) is 0.345. The molecule has 0 heterocycles. The zero-order valence-electron chi connectivity index (χ0n) is 88.4. The van der Waals surface area contributed by atoms with Gasteiger partial charge in [0.15, 0.2) is 96.3 Å². The minimum Gasteiger partial charge on any atom is -0.496 e. The zero-order valence-corrected chi connectivity index (χ0v) is 95.7. The number of unbranched alkanes of at least 4 members (excludes halogenated alkanes) is 3. The van der Waals surface area contributed by atoms with Crippen LogP contribution in [0, 0.1) is 41.5 Å². The highest BCUT2D eigenvalue weighted by molar-refractivity contribution is 7.99. The first-order valence-electron chi connectivity index (χ1n) is 48.2. The number of ether oxygens (including phenoxy) is 2. The molecule has 0 saturated carbocycles. The van der Waals surface area contributed by atoms with Crippen LogP contribution in [-0.4, -0.2) is 118 Å². The minimum absolute atomic E-state index is 0.0796. The molecule has 0 aliphatic heterocycles. The third-order valence-corrected chi connectivity index (χ3v) is 36.7. The van der Waals surface area contributed by atoms with Crippen LogP contribution in [0.3, 0.4) is 0 Å². The molecule has 0 aliphatic rings. The fourth-order valence-electron chi connectivity index (χ4n) is 14.6. The molecule has 13 rings (SSSR count). The molecule has 0 aromatic heterocycles. The Balaban J connectivity index is 0.000000265. The van der Waals surface area contributed by atoms with Crippen molar-refractivity contribution in [3.8, 4) is 17.2 Å². The second-order valence-electron chi connectivity index (χ2n) is 37.1. The molecule has 0 bridgehead atoms. The maximum absolute atomic E-state index is 13.8. The van der Waals surface area contributed by atoms with Crippen molar-refractivity contribution in [2.75, 3.05) is 82.9 Å². The van der Waals surface area contributed by atoms with Crippen LogP contribution in [0.5, 0.6) is 17.2 Å². The van der Waals surface area contributed by atoms with Gasteiger partial charge in [0.2, 0.25) is 0 Å². The average molecular weight is 2190 g/mol. The largest absolute Gasteiger partial charge is 0.586 e. The molecule has 0 aliphatic carbocycles. The standard InChI is InChI=1S/C25H30NOS.C21H18F3O3S2.C21H26F3S.C16H16F3OS.C13H10F3S.C12H27S.C8H11S.C3H9S/c1-20-18-24(19-21(2)25(20)27-17-11-16-26(3)4)28(22-12-7-5-8-13-22)23-14-9-6-10-15-23;1-15-13-19(14-16(2)20(15)27-29(25,26)21(22,23)24)28(17-9-5-3-6-10-17)18-11-7-4-8-12-18;1-19(2,3)15-7-11-17(12-8-15)25(21(22,23)24)18-13-9-16(10-14-18)20(4,5)6;1-11-9-14(10-12(2)15(11)20-3)21(16(17,18)19)13-7-5-4-6-8-13;14-13(15,16)17(11-7-3-1-4-8-11)12-9-5-2-6-10-12;1-4-7-10-13(11-8-5-2)12-9-6-3;1-9(2)8-6-4-3-5-7-8;1-4(2)3/h5-10,12-15,18-19H,11,16-17H2,1-4H3;3-14H,1-2H3;7-14H,1-6H3;4-10H,1-3H3;1-10H;4-12H2,1-3H3;3-7H,1-2H3;1-3H3/q8*+1. The van der Waals surface area contributed by atoms with Crippen molar-refractivity contribution >= 4 is 97.3 Å². The molecule has 6 nitrogen and oxygen atoms in total. The topological polar surface area (TPSA) is 65.1 Å². The van der Waals surface area contributed by atoms with Crippen molar-refractivity contribution in [2.24, 2.45) is 0 Å². The summed E-state index contributed by atoms with van der Waals surface area (Å²) in [5.74, 6) is 5.91. The molecule has 0 saturated heterocycles. The Bertz CT molecular complexity index is 5740. The third-order valence-electron chi connectivity index (χ3n) is 21.7. The number of aryl methyl sites for hydroxylation is 6. The SMILES string of the molecule is CC(C)(C)c1ccc([S+](c2ccc(C(C)(C)C)cc2)C(F)(F)F)cc1.CCCC[S+](CCCC)CCCC.COc1c(C)cc([S+](c2ccccc2)C(F)(F)F)cc1C.C[S+](C)C.C[S+](C)c1ccccc1.Cc1cc([S+](c2ccccc2)c2ccccc2)cc(C)c1OCCCN(C)C.Cc1cc([S+](c2ccccc2)c2ccccc2)cc(C)c1OS(=O)(=O)C(F)(F)F.FC(F)(F)[S+](c1ccccc1)c1ccccc1. The number of nitrogens with zero attached hydrogens (tertiary/aromatic N) is 1. The van der Waals surface area contributed by atoms with Crippen molar-refractivity contribution in [1.82, 2.24) is 4.90 Å². The molecule has 27 heteroatoms. The molecular formula is C119H147F12NO5S9+8. The van der Waals surface area contributed by atoms with Crippen LogP contribution in [0.15, 0.2) is 391 Å². The Labute approximate surface area is 887 Å². The van der Waals surface area contributed by atoms with E-state index in [0.717, 1.165) is 62.0 Å². The van der Waals surface area contributed by atoms with Gasteiger partial charge in [-0.2, -0.15) is 21.6 Å². The Morgan fingerprint density at radius 1 is 0.301 bits per heavy atom. The first-order chi connectivity index (χ1) is 68.8. The summed E-state index contributed by atoms with van der Waals surface area (Å²) >= 11 is 0. The molecule has 0 spiro atoms. The van der Waals surface area contributed by atoms with Gasteiger partial charge in [0, 0.05) is 53.8 Å². The van der Waals surface area contributed by atoms with E-state index < -0.39 is 75.7 Å². The zero-order chi connectivity index (χ0) is 108. The summed E-state index contributed by atoms with van der Waals surface area (Å²) in [7, 11) is -4.57. The second-order valence-corrected chi connectivity index (χ2v) is 55.7. The fourth-order valence-corrected chi connectivity index (χ4v) is 28.3. The van der Waals surface area contributed by atoms with E-state index in [1.807, 2.05) is 84.9 Å². The normalized spacial score (nSPS) is 12.0. The van der Waals surface area contributed by atoms with Gasteiger partial charge in [0.25, 0.3) is 0 Å². The number of hydrogen-bond acceptors (Lipinski definition) is 6. The van der Waals surface area contributed by atoms with E-state index in [2.05, 4.69) is 234 Å². The average Bonchev–Trinajstić information content (AvgIpc) is 0.806. The van der Waals surface area contributed by atoms with Gasteiger partial charge in [-0.3, -0.25) is 0 Å². The van der Waals surface area contributed by atoms with Gasteiger partial charge in [0.1, 0.15) is 47.0 Å². The third kappa shape index (κ3) is 42.2. The lowest BCUT2D eigenvalue weighted by molar-refractivity contribution is -0.0501. The molecule has 1 atom stereocenters. The molecule has 0 radical (unpaired) electrons. The van der Waals surface area contributed by atoms with E-state index in [0.29, 0.717) is 69.4 Å². The molecule has 0 fully saturated rings. The van der Waals surface area contributed by atoms with Crippen LogP contribution in [0.2, 0.25) is 0 Å². The lowest BCUT2D eigenvalue weighted by Crippen LogP contribution is -2.28. The summed E-state index contributed by atoms with van der Waals surface area (Å²) < 4.78 is 198. The van der Waals surface area contributed by atoms with Gasteiger partial charge in [-0.1, -0.05) is 251 Å². The summed E-state index contributed by atoms with van der Waals surface area (Å²) in [6.45, 7) is 32.0. The van der Waals surface area contributed by atoms with Gasteiger partial charge in [-0.25, -0.2) is 0 Å². The van der Waals surface area contributed by atoms with Crippen LogP contribution < -0.4 is 13.7 Å². The molecule has 13 aromatic carbocycles. The second kappa shape index (κ2) is 61.4. The van der Waals surface area contributed by atoms with Crippen LogP contribution in [0.4, 0.5) is 52.7 Å². The highest BCUT2D eigenvalue weighted by Crippen LogP contribution is 2.45. The quantitative estimate of drug-likeness (QED) is 0.0147. The number of halogens is 12. The molecule has 1 unspecified atom stereocenters. The lowest BCUT2D eigenvalue weighted by atomic mass is 9.87. The maximum atomic E-state index is 13.8. The van der Waals surface area contributed by atoms with Crippen molar-refractivity contribution in [3.63, 3.8) is 0 Å². The first kappa shape index (κ1) is 126. The van der Waals surface area contributed by atoms with Crippen LogP contribution in [0.25, 0.3) is 0 Å². The summed E-state index contributed by atoms with van der Waals surface area (Å²) in [6.07, 6.45) is 20.6. The minimum atomic E-state index is -5.73. The van der Waals surface area contributed by atoms with Gasteiger partial charge < -0.3 is 18.6 Å². The van der Waals surface area contributed by atoms with Crippen LogP contribution in [0.1, 0.15) is 152 Å². The Morgan fingerprint density at radius 3 is 0.760 bits per heavy atom. The number of hydrogen-bond donors (Lipinski definition) is 0. The van der Waals surface area contributed by atoms with E-state index in [9.17, 15) is 61.1 Å². The summed E-state index contributed by atoms with van der Waals surface area (Å²) in [5.41, 5.74) is -12.0. The molecule has 0 N–H and O–H groups in total. The van der Waals surface area contributed by atoms with Gasteiger partial charge in [0.05, 0.1) is 54.3 Å². The van der Waals surface area contributed by atoms with Crippen LogP contribution in [-0.2, 0) is 108 Å². The highest BCUT2D eigenvalue weighted by Gasteiger charge is 2.57. The highest BCUT2D eigenvalue weighted by atomic mass is 32.2. The summed E-state index contributed by atoms with van der Waals surface area (Å²) in [6, 6.07) is 100. The number of rotatable bonds is 30. The van der Waals surface area contributed by atoms with E-state index >= 15 is 0 Å². The van der Waals surface area contributed by atoms with Gasteiger partial charge in [-0.05, 0) is 280 Å². The van der Waals surface area contributed by atoms with Gasteiger partial charge in [-0.15, -0.1) is 39.5 Å². The monoisotopic (exact) mass is 2190 g/mol. The molecule has 788 valence electrons. The summed E-state index contributed by atoms with van der Waals surface area (Å²) in [5, 5.41) is 0. The number of alkyl halides is 12. The summed E-state index contributed by atoms with van der Waals surface area (Å²) in [4.78, 5) is 12.3. The van der Waals surface area contributed by atoms with Crippen molar-refractivity contribution in [2.45, 2.75) is 245 Å². The van der Waals surface area contributed by atoms with E-state index in [1.54, 1.807) is 117 Å². The molecule has 146 heavy (non-hydrogen) atoms. The first-order valence-corrected chi connectivity index (χ1v) is 61.9. The number of benzene rings is 13. The Kier molecular flexibility index (Phi) is 52.9. The molecule has 13 aromatic rings. The van der Waals surface area contributed by atoms with Crippen molar-refractivity contribution in [1.29, 1.82) is 0 Å². The Morgan fingerprint density at radius 2 is 0.534 bits per heavy atom. The van der Waals surface area contributed by atoms with Crippen molar-refractivity contribution in [3.05, 3.63) is 372 Å². The lowest BCUT2D eigenvalue weighted by Gasteiger charge is -2.20. The van der Waals surface area contributed by atoms with Crippen LogP contribution >= 0.6 is 0 Å². The predicted octanol–water partition coefficient (Wildman–Crippen LogP) is 33.7.